The molecule has 0 aliphatic carbocycles. The van der Waals surface area contributed by atoms with Crippen LogP contribution < -0.4 is 5.43 Å². The molecule has 1 aromatic heterocycles. The summed E-state index contributed by atoms with van der Waals surface area (Å²) in [5, 5.41) is 9.81. The van der Waals surface area contributed by atoms with Gasteiger partial charge in [-0.2, -0.15) is 0 Å². The van der Waals surface area contributed by atoms with Gasteiger partial charge in [0.05, 0.1) is 10.9 Å². The van der Waals surface area contributed by atoms with Crippen molar-refractivity contribution in [2.75, 3.05) is 0 Å². The quantitative estimate of drug-likeness (QED) is 0.747. The summed E-state index contributed by atoms with van der Waals surface area (Å²) in [6.45, 7) is 0. The first kappa shape index (κ1) is 14.0. The van der Waals surface area contributed by atoms with E-state index in [0.717, 1.165) is 5.56 Å². The maximum absolute atomic E-state index is 12.3. The van der Waals surface area contributed by atoms with E-state index in [2.05, 4.69) is 0 Å². The average Bonchev–Trinajstić information content (AvgIpc) is 2.40. The minimum atomic E-state index is -0.0950. The molecule has 3 aromatic rings. The van der Waals surface area contributed by atoms with Crippen LogP contribution in [-0.2, 0) is 32.7 Å². The summed E-state index contributed by atoms with van der Waals surface area (Å²) in [5.74, 6) is 0.0816. The molecule has 1 radical (unpaired) electrons. The van der Waals surface area contributed by atoms with Crippen molar-refractivity contribution in [3.05, 3.63) is 65.0 Å². The molecular weight excluding hydrogens is 317 g/mol. The molecule has 3 nitrogen and oxygen atoms in total. The smallest absolute Gasteiger partial charge is 0.200 e. The van der Waals surface area contributed by atoms with E-state index in [9.17, 15) is 9.90 Å². The summed E-state index contributed by atoms with van der Waals surface area (Å²) in [7, 11) is 0. The first-order valence-corrected chi connectivity index (χ1v) is 5.55. The standard InChI is InChI=1S/C15H10O3.Y/c16-11-6-7-12-14(8-11)18-9-13(15(12)17)10-4-2-1-3-5-10;/h1-9,16H;. The number of hydrogen-bond donors (Lipinski definition) is 1. The van der Waals surface area contributed by atoms with Crippen LogP contribution in [0.1, 0.15) is 0 Å². The van der Waals surface area contributed by atoms with E-state index in [1.165, 1.54) is 18.4 Å². The van der Waals surface area contributed by atoms with Crippen LogP contribution in [-0.4, -0.2) is 5.11 Å². The Bertz CT molecular complexity index is 763. The van der Waals surface area contributed by atoms with Crippen molar-refractivity contribution in [3.63, 3.8) is 0 Å². The Balaban J connectivity index is 0.00000133. The van der Waals surface area contributed by atoms with Gasteiger partial charge in [0.15, 0.2) is 5.43 Å². The Morgan fingerprint density at radius 2 is 1.74 bits per heavy atom. The van der Waals surface area contributed by atoms with Gasteiger partial charge in [-0.25, -0.2) is 0 Å². The number of phenolic OH excluding ortho intramolecular Hbond substituents is 1. The van der Waals surface area contributed by atoms with E-state index in [4.69, 9.17) is 4.42 Å². The van der Waals surface area contributed by atoms with E-state index < -0.39 is 0 Å². The van der Waals surface area contributed by atoms with Crippen molar-refractivity contribution in [3.8, 4) is 16.9 Å². The molecule has 1 heterocycles. The Labute approximate surface area is 134 Å². The van der Waals surface area contributed by atoms with Gasteiger partial charge >= 0.3 is 0 Å². The second kappa shape index (κ2) is 5.68. The molecule has 0 saturated heterocycles. The fraction of sp³-hybridized carbons (Fsp3) is 0. The van der Waals surface area contributed by atoms with Gasteiger partial charge in [-0.15, -0.1) is 0 Å². The van der Waals surface area contributed by atoms with Gasteiger partial charge in [-0.05, 0) is 17.7 Å². The largest absolute Gasteiger partial charge is 0.508 e. The van der Waals surface area contributed by atoms with E-state index in [-0.39, 0.29) is 43.9 Å². The van der Waals surface area contributed by atoms with Crippen molar-refractivity contribution in [2.45, 2.75) is 0 Å². The van der Waals surface area contributed by atoms with E-state index in [1.807, 2.05) is 30.3 Å². The van der Waals surface area contributed by atoms with Crippen LogP contribution in [0.4, 0.5) is 0 Å². The maximum Gasteiger partial charge on any atom is 0.200 e. The molecule has 0 amide bonds. The van der Waals surface area contributed by atoms with Crippen LogP contribution in [0.5, 0.6) is 5.75 Å². The van der Waals surface area contributed by atoms with Gasteiger partial charge in [-0.1, -0.05) is 30.3 Å². The minimum absolute atomic E-state index is 0. The molecule has 0 saturated carbocycles. The zero-order valence-electron chi connectivity index (χ0n) is 10.0. The van der Waals surface area contributed by atoms with Crippen LogP contribution in [0.25, 0.3) is 22.1 Å². The first-order valence-electron chi connectivity index (χ1n) is 5.55. The van der Waals surface area contributed by atoms with Gasteiger partial charge in [-0.3, -0.25) is 4.79 Å². The van der Waals surface area contributed by atoms with Crippen molar-refractivity contribution in [2.24, 2.45) is 0 Å². The van der Waals surface area contributed by atoms with Gasteiger partial charge < -0.3 is 9.52 Å². The number of fused-ring (bicyclic) bond motifs is 1. The van der Waals surface area contributed by atoms with Gasteiger partial charge in [0.2, 0.25) is 0 Å². The monoisotopic (exact) mass is 327 g/mol. The summed E-state index contributed by atoms with van der Waals surface area (Å²) >= 11 is 0. The molecule has 1 N–H and O–H groups in total. The van der Waals surface area contributed by atoms with Crippen molar-refractivity contribution in [1.29, 1.82) is 0 Å². The summed E-state index contributed by atoms with van der Waals surface area (Å²) in [6, 6.07) is 13.8. The van der Waals surface area contributed by atoms with Crippen molar-refractivity contribution in [1.82, 2.24) is 0 Å². The predicted molar refractivity (Wildman–Crippen MR) is 69.6 cm³/mol. The molecule has 4 heteroatoms. The molecule has 0 bridgehead atoms. The second-order valence-corrected chi connectivity index (χ2v) is 4.02. The fourth-order valence-corrected chi connectivity index (χ4v) is 1.93. The van der Waals surface area contributed by atoms with Crippen molar-refractivity contribution >= 4 is 11.0 Å². The number of phenols is 1. The Hall–Kier alpha value is -1.45. The number of aromatic hydroxyl groups is 1. The molecular formula is C15H10O3Y. The topological polar surface area (TPSA) is 50.4 Å². The molecule has 0 aliphatic rings. The number of benzene rings is 2. The molecule has 19 heavy (non-hydrogen) atoms. The van der Waals surface area contributed by atoms with E-state index in [0.29, 0.717) is 16.5 Å². The third kappa shape index (κ3) is 2.62. The fourth-order valence-electron chi connectivity index (χ4n) is 1.93. The van der Waals surface area contributed by atoms with Gasteiger partial charge in [0, 0.05) is 38.8 Å². The van der Waals surface area contributed by atoms with Crippen LogP contribution in [0.2, 0.25) is 0 Å². The van der Waals surface area contributed by atoms with Gasteiger partial charge in [0.25, 0.3) is 0 Å². The Morgan fingerprint density at radius 1 is 1.00 bits per heavy atom. The zero-order chi connectivity index (χ0) is 12.5. The molecule has 0 fully saturated rings. The third-order valence-electron chi connectivity index (χ3n) is 2.84. The average molecular weight is 327 g/mol. The molecule has 0 aliphatic heterocycles. The summed E-state index contributed by atoms with van der Waals surface area (Å²) in [5.41, 5.74) is 1.64. The molecule has 0 unspecified atom stereocenters. The Morgan fingerprint density at radius 3 is 2.47 bits per heavy atom. The van der Waals surface area contributed by atoms with Crippen LogP contribution in [0, 0.1) is 0 Å². The molecule has 0 atom stereocenters. The minimum Gasteiger partial charge on any atom is -0.508 e. The zero-order valence-corrected chi connectivity index (χ0v) is 12.9. The Kier molecular flexibility index (Phi) is 4.18. The van der Waals surface area contributed by atoms with E-state index >= 15 is 0 Å². The molecule has 3 rings (SSSR count). The molecule has 2 aromatic carbocycles. The van der Waals surface area contributed by atoms with Gasteiger partial charge in [0.1, 0.15) is 17.6 Å². The second-order valence-electron chi connectivity index (χ2n) is 4.02. The summed E-state index contributed by atoms with van der Waals surface area (Å²) < 4.78 is 5.40. The number of rotatable bonds is 1. The molecule has 0 spiro atoms. The van der Waals surface area contributed by atoms with Crippen molar-refractivity contribution < 1.29 is 42.2 Å². The van der Waals surface area contributed by atoms with Crippen LogP contribution in [0.15, 0.2) is 64.0 Å². The maximum atomic E-state index is 12.3. The van der Waals surface area contributed by atoms with Crippen LogP contribution in [0.3, 0.4) is 0 Å². The summed E-state index contributed by atoms with van der Waals surface area (Å²) in [6.07, 6.45) is 1.43. The predicted octanol–water partition coefficient (Wildman–Crippen LogP) is 3.16. The summed E-state index contributed by atoms with van der Waals surface area (Å²) in [4.78, 5) is 12.3. The SMILES string of the molecule is O=c1c(-c2ccccc2)coc2cc(O)ccc12.[Y]. The van der Waals surface area contributed by atoms with E-state index in [1.54, 1.807) is 6.07 Å². The molecule has 91 valence electrons. The number of hydrogen-bond acceptors (Lipinski definition) is 3. The third-order valence-corrected chi connectivity index (χ3v) is 2.84. The van der Waals surface area contributed by atoms with Crippen LogP contribution >= 0.6 is 0 Å². The normalized spacial score (nSPS) is 10.1. The first-order chi connectivity index (χ1) is 8.75.